The highest BCUT2D eigenvalue weighted by molar-refractivity contribution is 14.0. The lowest BCUT2D eigenvalue weighted by atomic mass is 10.2. The van der Waals surface area contributed by atoms with Crippen LogP contribution in [0.15, 0.2) is 47.7 Å². The van der Waals surface area contributed by atoms with E-state index in [4.69, 9.17) is 4.99 Å². The molecule has 152 valence electrons. The van der Waals surface area contributed by atoms with Crippen molar-refractivity contribution in [2.45, 2.75) is 13.5 Å². The number of aliphatic imine (C=N–C) groups is 1. The molecule has 1 aromatic heterocycles. The van der Waals surface area contributed by atoms with Gasteiger partial charge in [0.25, 0.3) is 0 Å². The van der Waals surface area contributed by atoms with Crippen molar-refractivity contribution in [2.24, 2.45) is 12.0 Å². The maximum Gasteiger partial charge on any atom is 0.194 e. The zero-order chi connectivity index (χ0) is 18.9. The number of nitrogens with zero attached hydrogens (tertiary/aromatic N) is 6. The lowest BCUT2D eigenvalue weighted by molar-refractivity contribution is 0.194. The molecule has 8 heteroatoms. The number of piperazine rings is 1. The van der Waals surface area contributed by atoms with Crippen molar-refractivity contribution in [3.8, 4) is 0 Å². The van der Waals surface area contributed by atoms with E-state index < -0.39 is 0 Å². The van der Waals surface area contributed by atoms with E-state index in [1.807, 2.05) is 13.1 Å². The van der Waals surface area contributed by atoms with Crippen LogP contribution >= 0.6 is 24.0 Å². The van der Waals surface area contributed by atoms with Gasteiger partial charge in [0.2, 0.25) is 0 Å². The summed E-state index contributed by atoms with van der Waals surface area (Å²) in [6.07, 6.45) is 6.01. The van der Waals surface area contributed by atoms with E-state index >= 15 is 0 Å². The van der Waals surface area contributed by atoms with Crippen molar-refractivity contribution >= 4 is 36.0 Å². The molecule has 0 aliphatic carbocycles. The summed E-state index contributed by atoms with van der Waals surface area (Å²) >= 11 is 0. The lowest BCUT2D eigenvalue weighted by Gasteiger charge is -2.36. The molecule has 0 spiro atoms. The van der Waals surface area contributed by atoms with Crippen LogP contribution in [0.2, 0.25) is 0 Å². The van der Waals surface area contributed by atoms with Gasteiger partial charge in [-0.3, -0.25) is 9.58 Å². The largest absolute Gasteiger partial charge is 0.357 e. The van der Waals surface area contributed by atoms with Crippen LogP contribution in [0, 0.1) is 0 Å². The molecular formula is C20H30IN7. The molecule has 0 unspecified atom stereocenters. The van der Waals surface area contributed by atoms with Gasteiger partial charge in [-0.25, -0.2) is 9.98 Å². The number of rotatable bonds is 6. The van der Waals surface area contributed by atoms with E-state index in [1.54, 1.807) is 11.0 Å². The quantitative estimate of drug-likeness (QED) is 0.379. The molecule has 1 N–H and O–H groups in total. The van der Waals surface area contributed by atoms with Crippen molar-refractivity contribution in [1.29, 1.82) is 0 Å². The van der Waals surface area contributed by atoms with Crippen LogP contribution in [0.3, 0.4) is 0 Å². The van der Waals surface area contributed by atoms with Gasteiger partial charge in [0.1, 0.15) is 18.7 Å². The summed E-state index contributed by atoms with van der Waals surface area (Å²) in [4.78, 5) is 13.8. The summed E-state index contributed by atoms with van der Waals surface area (Å²) in [6.45, 7) is 8.50. The molecule has 7 nitrogen and oxygen atoms in total. The van der Waals surface area contributed by atoms with Crippen molar-refractivity contribution < 1.29 is 0 Å². The minimum atomic E-state index is 0. The van der Waals surface area contributed by atoms with Gasteiger partial charge in [0.15, 0.2) is 5.96 Å². The Morgan fingerprint density at radius 3 is 2.57 bits per heavy atom. The minimum absolute atomic E-state index is 0. The second-order valence-corrected chi connectivity index (χ2v) is 6.57. The summed E-state index contributed by atoms with van der Waals surface area (Å²) in [5.41, 5.74) is 1.25. The maximum absolute atomic E-state index is 4.74. The number of hydrogen-bond acceptors (Lipinski definition) is 4. The topological polar surface area (TPSA) is 61.6 Å². The first-order valence-corrected chi connectivity index (χ1v) is 9.56. The predicted molar refractivity (Wildman–Crippen MR) is 125 cm³/mol. The van der Waals surface area contributed by atoms with E-state index in [2.05, 4.69) is 68.5 Å². The van der Waals surface area contributed by atoms with Gasteiger partial charge in [0, 0.05) is 46.3 Å². The molecule has 1 aliphatic heterocycles. The molecule has 0 bridgehead atoms. The minimum Gasteiger partial charge on any atom is -0.357 e. The van der Waals surface area contributed by atoms with Crippen molar-refractivity contribution in [3.05, 3.63) is 54.1 Å². The van der Waals surface area contributed by atoms with Crippen LogP contribution in [0.4, 0.5) is 0 Å². The SMILES string of the molecule is CCNC(=NCc1ncnn1C)N1CCN(C/C=C/c2ccccc2)CC1.I. The highest BCUT2D eigenvalue weighted by Crippen LogP contribution is 2.06. The van der Waals surface area contributed by atoms with Crippen molar-refractivity contribution in [1.82, 2.24) is 29.9 Å². The van der Waals surface area contributed by atoms with Crippen LogP contribution in [0.5, 0.6) is 0 Å². The molecule has 1 aromatic carbocycles. The van der Waals surface area contributed by atoms with Crippen LogP contribution in [-0.4, -0.2) is 69.8 Å². The molecule has 0 amide bonds. The summed E-state index contributed by atoms with van der Waals surface area (Å²) in [5.74, 6) is 1.83. The number of nitrogens with one attached hydrogen (secondary N) is 1. The second kappa shape index (κ2) is 11.8. The third-order valence-electron chi connectivity index (χ3n) is 4.66. The number of aromatic nitrogens is 3. The molecule has 1 fully saturated rings. The Morgan fingerprint density at radius 1 is 1.18 bits per heavy atom. The monoisotopic (exact) mass is 495 g/mol. The van der Waals surface area contributed by atoms with Crippen LogP contribution < -0.4 is 5.32 Å². The molecule has 0 atom stereocenters. The Hall–Kier alpha value is -1.94. The van der Waals surface area contributed by atoms with Gasteiger partial charge in [-0.15, -0.1) is 24.0 Å². The zero-order valence-corrected chi connectivity index (χ0v) is 19.0. The number of hydrogen-bond donors (Lipinski definition) is 1. The van der Waals surface area contributed by atoms with Gasteiger partial charge in [-0.2, -0.15) is 5.10 Å². The Balaban J connectivity index is 0.00000280. The Labute approximate surface area is 184 Å². The first-order chi connectivity index (χ1) is 13.3. The fraction of sp³-hybridized carbons (Fsp3) is 0.450. The number of benzene rings is 1. The average Bonchev–Trinajstić information content (AvgIpc) is 3.11. The summed E-state index contributed by atoms with van der Waals surface area (Å²) in [6, 6.07) is 10.4. The average molecular weight is 495 g/mol. The molecule has 0 saturated carbocycles. The predicted octanol–water partition coefficient (Wildman–Crippen LogP) is 2.23. The van der Waals surface area contributed by atoms with Gasteiger partial charge in [-0.05, 0) is 12.5 Å². The normalized spacial score (nSPS) is 15.6. The van der Waals surface area contributed by atoms with Gasteiger partial charge in [-0.1, -0.05) is 42.5 Å². The Bertz CT molecular complexity index is 749. The van der Waals surface area contributed by atoms with Crippen LogP contribution in [0.1, 0.15) is 18.3 Å². The molecule has 3 rings (SSSR count). The van der Waals surface area contributed by atoms with Gasteiger partial charge in [0.05, 0.1) is 0 Å². The number of halogens is 1. The summed E-state index contributed by atoms with van der Waals surface area (Å²) < 4.78 is 1.77. The molecule has 2 heterocycles. The van der Waals surface area contributed by atoms with Crippen LogP contribution in [0.25, 0.3) is 6.08 Å². The molecule has 1 saturated heterocycles. The molecular weight excluding hydrogens is 465 g/mol. The highest BCUT2D eigenvalue weighted by atomic mass is 127. The fourth-order valence-corrected chi connectivity index (χ4v) is 3.08. The van der Waals surface area contributed by atoms with Gasteiger partial charge < -0.3 is 10.2 Å². The van der Waals surface area contributed by atoms with E-state index in [1.165, 1.54) is 5.56 Å². The molecule has 28 heavy (non-hydrogen) atoms. The first-order valence-electron chi connectivity index (χ1n) is 9.56. The van der Waals surface area contributed by atoms with E-state index in [0.29, 0.717) is 6.54 Å². The van der Waals surface area contributed by atoms with E-state index in [9.17, 15) is 0 Å². The fourth-order valence-electron chi connectivity index (χ4n) is 3.08. The second-order valence-electron chi connectivity index (χ2n) is 6.57. The van der Waals surface area contributed by atoms with Crippen molar-refractivity contribution in [3.63, 3.8) is 0 Å². The molecule has 1 aliphatic rings. The molecule has 2 aromatic rings. The highest BCUT2D eigenvalue weighted by Gasteiger charge is 2.18. The summed E-state index contributed by atoms with van der Waals surface area (Å²) in [5, 5.41) is 7.50. The van der Waals surface area contributed by atoms with Crippen molar-refractivity contribution in [2.75, 3.05) is 39.3 Å². The van der Waals surface area contributed by atoms with E-state index in [-0.39, 0.29) is 24.0 Å². The Kier molecular flexibility index (Phi) is 9.42. The first kappa shape index (κ1) is 22.4. The number of guanidine groups is 1. The number of aryl methyl sites for hydroxylation is 1. The molecule has 0 radical (unpaired) electrons. The van der Waals surface area contributed by atoms with Crippen LogP contribution in [-0.2, 0) is 13.6 Å². The third-order valence-corrected chi connectivity index (χ3v) is 4.66. The maximum atomic E-state index is 4.74. The van der Waals surface area contributed by atoms with E-state index in [0.717, 1.165) is 51.1 Å². The third kappa shape index (κ3) is 6.59. The summed E-state index contributed by atoms with van der Waals surface area (Å²) in [7, 11) is 1.90. The standard InChI is InChI=1S/C20H29N7.HI/c1-3-21-20(22-16-19-23-17-24-25(19)2)27-14-12-26(13-15-27)11-7-10-18-8-5-4-6-9-18;/h4-10,17H,3,11-16H2,1-2H3,(H,21,22);1H/b10-7+;. The van der Waals surface area contributed by atoms with Gasteiger partial charge >= 0.3 is 0 Å². The lowest BCUT2D eigenvalue weighted by Crippen LogP contribution is -2.52. The zero-order valence-electron chi connectivity index (χ0n) is 16.7. The smallest absolute Gasteiger partial charge is 0.194 e. The Morgan fingerprint density at radius 2 is 1.93 bits per heavy atom.